The zero-order valence-electron chi connectivity index (χ0n) is 9.96. The van der Waals surface area contributed by atoms with Crippen LogP contribution in [0.5, 0.6) is 0 Å². The average Bonchev–Trinajstić information content (AvgIpc) is 2.19. The van der Waals surface area contributed by atoms with Crippen molar-refractivity contribution in [1.29, 1.82) is 0 Å². The summed E-state index contributed by atoms with van der Waals surface area (Å²) in [7, 11) is 0. The molecule has 1 aliphatic rings. The molecule has 1 fully saturated rings. The Morgan fingerprint density at radius 3 is 2.50 bits per heavy atom. The van der Waals surface area contributed by atoms with Crippen LogP contribution >= 0.6 is 0 Å². The number of hydrogen-bond acceptors (Lipinski definition) is 2. The Hall–Kier alpha value is -0.930. The lowest BCUT2D eigenvalue weighted by Gasteiger charge is -2.41. The summed E-state index contributed by atoms with van der Waals surface area (Å²) in [6.45, 7) is 6.99. The third-order valence-corrected chi connectivity index (χ3v) is 2.89. The summed E-state index contributed by atoms with van der Waals surface area (Å²) in [6, 6.07) is 6.76. The van der Waals surface area contributed by atoms with E-state index in [4.69, 9.17) is 4.74 Å². The van der Waals surface area contributed by atoms with Crippen LogP contribution in [0, 0.1) is 5.82 Å². The van der Waals surface area contributed by atoms with Crippen LogP contribution in [-0.4, -0.2) is 18.2 Å². The molecule has 1 aliphatic heterocycles. The standard InChI is InChI=1S/C13H18FNO/c1-9-12(16-8-13(2,3)15-9)10-4-6-11(14)7-5-10/h4-7,9,12,15H,8H2,1-3H3. The van der Waals surface area contributed by atoms with Gasteiger partial charge in [-0.05, 0) is 38.5 Å². The van der Waals surface area contributed by atoms with Crippen LogP contribution in [0.4, 0.5) is 4.39 Å². The Kier molecular flexibility index (Phi) is 3.00. The zero-order chi connectivity index (χ0) is 11.8. The summed E-state index contributed by atoms with van der Waals surface area (Å²) in [5.41, 5.74) is 1.03. The largest absolute Gasteiger partial charge is 0.370 e. The summed E-state index contributed by atoms with van der Waals surface area (Å²) in [6.07, 6.45) is 0.00799. The molecule has 1 aromatic carbocycles. The van der Waals surface area contributed by atoms with Crippen molar-refractivity contribution in [2.24, 2.45) is 0 Å². The van der Waals surface area contributed by atoms with Gasteiger partial charge in [0.2, 0.25) is 0 Å². The molecule has 0 spiro atoms. The maximum absolute atomic E-state index is 12.8. The van der Waals surface area contributed by atoms with Crippen LogP contribution in [0.3, 0.4) is 0 Å². The van der Waals surface area contributed by atoms with Crippen molar-refractivity contribution in [3.8, 4) is 0 Å². The fourth-order valence-corrected chi connectivity index (χ4v) is 2.21. The third-order valence-electron chi connectivity index (χ3n) is 2.89. The molecular weight excluding hydrogens is 205 g/mol. The van der Waals surface area contributed by atoms with Gasteiger partial charge in [-0.3, -0.25) is 0 Å². The third kappa shape index (κ3) is 2.42. The summed E-state index contributed by atoms with van der Waals surface area (Å²) >= 11 is 0. The van der Waals surface area contributed by atoms with E-state index in [1.807, 2.05) is 0 Å². The SMILES string of the molecule is CC1NC(C)(C)COC1c1ccc(F)cc1. The van der Waals surface area contributed by atoms with E-state index < -0.39 is 0 Å². The van der Waals surface area contributed by atoms with Gasteiger partial charge < -0.3 is 10.1 Å². The van der Waals surface area contributed by atoms with Crippen LogP contribution in [0.1, 0.15) is 32.4 Å². The lowest BCUT2D eigenvalue weighted by atomic mass is 9.96. The molecule has 0 amide bonds. The van der Waals surface area contributed by atoms with Gasteiger partial charge in [-0.1, -0.05) is 12.1 Å². The molecule has 0 aromatic heterocycles. The molecule has 0 radical (unpaired) electrons. The highest BCUT2D eigenvalue weighted by Gasteiger charge is 2.33. The second-order valence-electron chi connectivity index (χ2n) is 5.10. The van der Waals surface area contributed by atoms with E-state index in [1.165, 1.54) is 12.1 Å². The van der Waals surface area contributed by atoms with Crippen LogP contribution in [0.2, 0.25) is 0 Å². The number of benzene rings is 1. The Morgan fingerprint density at radius 2 is 1.94 bits per heavy atom. The molecule has 1 aromatic rings. The summed E-state index contributed by atoms with van der Waals surface area (Å²) in [5.74, 6) is -0.208. The van der Waals surface area contributed by atoms with Crippen LogP contribution in [0.15, 0.2) is 24.3 Å². The quantitative estimate of drug-likeness (QED) is 0.790. The number of nitrogens with one attached hydrogen (secondary N) is 1. The highest BCUT2D eigenvalue weighted by Crippen LogP contribution is 2.28. The Labute approximate surface area is 95.8 Å². The van der Waals surface area contributed by atoms with Crippen molar-refractivity contribution in [2.45, 2.75) is 38.5 Å². The maximum Gasteiger partial charge on any atom is 0.123 e. The first-order chi connectivity index (χ1) is 7.48. The fourth-order valence-electron chi connectivity index (χ4n) is 2.21. The second kappa shape index (κ2) is 4.15. The monoisotopic (exact) mass is 223 g/mol. The van der Waals surface area contributed by atoms with Gasteiger partial charge in [-0.25, -0.2) is 4.39 Å². The van der Waals surface area contributed by atoms with Crippen LogP contribution < -0.4 is 5.32 Å². The van der Waals surface area contributed by atoms with Crippen molar-refractivity contribution in [1.82, 2.24) is 5.32 Å². The normalized spacial score (nSPS) is 29.0. The first-order valence-corrected chi connectivity index (χ1v) is 5.63. The number of rotatable bonds is 1. The van der Waals surface area contributed by atoms with E-state index in [1.54, 1.807) is 12.1 Å². The van der Waals surface area contributed by atoms with Crippen LogP contribution in [0.25, 0.3) is 0 Å². The Balaban J connectivity index is 2.14. The van der Waals surface area contributed by atoms with Gasteiger partial charge in [0.25, 0.3) is 0 Å². The predicted molar refractivity (Wildman–Crippen MR) is 61.8 cm³/mol. The van der Waals surface area contributed by atoms with Crippen molar-refractivity contribution >= 4 is 0 Å². The maximum atomic E-state index is 12.8. The molecule has 2 unspecified atom stereocenters. The summed E-state index contributed by atoms with van der Waals surface area (Å²) < 4.78 is 18.7. The van der Waals surface area contributed by atoms with E-state index in [0.29, 0.717) is 6.61 Å². The number of ether oxygens (including phenoxy) is 1. The molecule has 1 N–H and O–H groups in total. The average molecular weight is 223 g/mol. The number of hydrogen-bond donors (Lipinski definition) is 1. The van der Waals surface area contributed by atoms with Gasteiger partial charge >= 0.3 is 0 Å². The van der Waals surface area contributed by atoms with Crippen LogP contribution in [-0.2, 0) is 4.74 Å². The van der Waals surface area contributed by atoms with Gasteiger partial charge in [0.15, 0.2) is 0 Å². The van der Waals surface area contributed by atoms with Gasteiger partial charge in [-0.2, -0.15) is 0 Å². The number of halogens is 1. The smallest absolute Gasteiger partial charge is 0.123 e. The molecule has 3 heteroatoms. The Morgan fingerprint density at radius 1 is 1.31 bits per heavy atom. The predicted octanol–water partition coefficient (Wildman–Crippen LogP) is 2.65. The minimum Gasteiger partial charge on any atom is -0.370 e. The molecule has 0 saturated carbocycles. The lowest BCUT2D eigenvalue weighted by Crippen LogP contribution is -2.55. The molecule has 0 bridgehead atoms. The van der Waals surface area contributed by atoms with E-state index >= 15 is 0 Å². The van der Waals surface area contributed by atoms with E-state index in [2.05, 4.69) is 26.1 Å². The van der Waals surface area contributed by atoms with Gasteiger partial charge in [0.05, 0.1) is 12.7 Å². The first kappa shape index (κ1) is 11.6. The van der Waals surface area contributed by atoms with Gasteiger partial charge in [0.1, 0.15) is 5.82 Å². The number of morpholine rings is 1. The second-order valence-corrected chi connectivity index (χ2v) is 5.10. The topological polar surface area (TPSA) is 21.3 Å². The van der Waals surface area contributed by atoms with Gasteiger partial charge in [0, 0.05) is 11.6 Å². The molecule has 2 nitrogen and oxygen atoms in total. The van der Waals surface area contributed by atoms with E-state index in [0.717, 1.165) is 5.56 Å². The van der Waals surface area contributed by atoms with Crippen molar-refractivity contribution in [3.63, 3.8) is 0 Å². The highest BCUT2D eigenvalue weighted by molar-refractivity contribution is 5.21. The molecule has 0 aliphatic carbocycles. The molecule has 2 rings (SSSR count). The fraction of sp³-hybridized carbons (Fsp3) is 0.538. The molecule has 16 heavy (non-hydrogen) atoms. The van der Waals surface area contributed by atoms with Crippen molar-refractivity contribution < 1.29 is 9.13 Å². The van der Waals surface area contributed by atoms with Crippen molar-refractivity contribution in [2.75, 3.05) is 6.61 Å². The molecule has 1 heterocycles. The summed E-state index contributed by atoms with van der Waals surface area (Å²) in [5, 5.41) is 3.50. The Bertz CT molecular complexity index is 361. The van der Waals surface area contributed by atoms with Crippen molar-refractivity contribution in [3.05, 3.63) is 35.6 Å². The minimum absolute atomic E-state index is 0.00799. The van der Waals surface area contributed by atoms with Gasteiger partial charge in [-0.15, -0.1) is 0 Å². The molecule has 2 atom stereocenters. The molecule has 88 valence electrons. The lowest BCUT2D eigenvalue weighted by molar-refractivity contribution is -0.0495. The summed E-state index contributed by atoms with van der Waals surface area (Å²) in [4.78, 5) is 0. The highest BCUT2D eigenvalue weighted by atomic mass is 19.1. The minimum atomic E-state index is -0.208. The first-order valence-electron chi connectivity index (χ1n) is 5.63. The van der Waals surface area contributed by atoms with E-state index in [9.17, 15) is 4.39 Å². The molecule has 1 saturated heterocycles. The van der Waals surface area contributed by atoms with E-state index in [-0.39, 0.29) is 23.5 Å². The zero-order valence-corrected chi connectivity index (χ0v) is 9.96. The molecular formula is C13H18FNO.